The Morgan fingerprint density at radius 1 is 1.21 bits per heavy atom. The molecule has 0 aliphatic carbocycles. The Kier molecular flexibility index (Phi) is 5.12. The van der Waals surface area contributed by atoms with Gasteiger partial charge in [-0.2, -0.15) is 4.68 Å². The average Bonchev–Trinajstić information content (AvgIpc) is 2.91. The van der Waals surface area contributed by atoms with Gasteiger partial charge in [-0.15, -0.1) is 0 Å². The molecule has 0 spiro atoms. The van der Waals surface area contributed by atoms with Gasteiger partial charge in [0.2, 0.25) is 4.77 Å². The van der Waals surface area contributed by atoms with E-state index >= 15 is 0 Å². The molecule has 1 aliphatic heterocycles. The highest BCUT2D eigenvalue weighted by Gasteiger charge is 2.23. The van der Waals surface area contributed by atoms with Gasteiger partial charge in [0.1, 0.15) is 0 Å². The third kappa shape index (κ3) is 3.58. The number of benzene rings is 1. The van der Waals surface area contributed by atoms with E-state index in [-0.39, 0.29) is 6.10 Å². The summed E-state index contributed by atoms with van der Waals surface area (Å²) in [6, 6.07) is 6.18. The van der Waals surface area contributed by atoms with Crippen LogP contribution in [0, 0.1) is 24.5 Å². The van der Waals surface area contributed by atoms with Crippen molar-refractivity contribution in [3.05, 3.63) is 34.1 Å². The van der Waals surface area contributed by atoms with E-state index in [1.165, 1.54) is 11.1 Å². The Morgan fingerprint density at radius 3 is 2.54 bits per heavy atom. The molecular weight excluding hydrogens is 322 g/mol. The summed E-state index contributed by atoms with van der Waals surface area (Å²) in [6.45, 7) is 8.61. The van der Waals surface area contributed by atoms with Crippen molar-refractivity contribution in [3.63, 3.8) is 0 Å². The van der Waals surface area contributed by atoms with E-state index in [0.29, 0.717) is 17.4 Å². The molecule has 2 heterocycles. The highest BCUT2D eigenvalue weighted by Crippen LogP contribution is 2.21. The van der Waals surface area contributed by atoms with Crippen molar-refractivity contribution in [1.29, 1.82) is 0 Å². The number of aryl methyl sites for hydroxylation is 2. The summed E-state index contributed by atoms with van der Waals surface area (Å²) in [5, 5.41) is 18.2. The Bertz CT molecular complexity index is 759. The summed E-state index contributed by atoms with van der Waals surface area (Å²) in [7, 11) is 0. The van der Waals surface area contributed by atoms with Crippen LogP contribution in [0.5, 0.6) is 0 Å². The van der Waals surface area contributed by atoms with Crippen LogP contribution in [0.25, 0.3) is 5.69 Å². The highest BCUT2D eigenvalue weighted by molar-refractivity contribution is 7.71. The molecule has 1 N–H and O–H groups in total. The van der Waals surface area contributed by atoms with Gasteiger partial charge in [-0.3, -0.25) is 4.90 Å². The van der Waals surface area contributed by atoms with Crippen LogP contribution in [0.2, 0.25) is 0 Å². The van der Waals surface area contributed by atoms with Crippen LogP contribution >= 0.6 is 12.2 Å². The molecule has 6 nitrogen and oxygen atoms in total. The van der Waals surface area contributed by atoms with Gasteiger partial charge in [-0.05, 0) is 85.4 Å². The Hall–Kier alpha value is -1.57. The van der Waals surface area contributed by atoms with Crippen molar-refractivity contribution in [2.24, 2.45) is 5.92 Å². The molecule has 2 aromatic rings. The molecule has 1 aromatic heterocycles. The number of hydrogen-bond acceptors (Lipinski definition) is 5. The van der Waals surface area contributed by atoms with Crippen LogP contribution in [0.15, 0.2) is 18.2 Å². The number of aliphatic hydroxyl groups excluding tert-OH is 1. The molecule has 1 saturated heterocycles. The summed E-state index contributed by atoms with van der Waals surface area (Å²) < 4.78 is 4.09. The van der Waals surface area contributed by atoms with Crippen LogP contribution in [-0.2, 0) is 6.67 Å². The van der Waals surface area contributed by atoms with Crippen LogP contribution in [0.4, 0.5) is 0 Å². The van der Waals surface area contributed by atoms with E-state index < -0.39 is 0 Å². The van der Waals surface area contributed by atoms with Gasteiger partial charge in [0.25, 0.3) is 0 Å². The van der Waals surface area contributed by atoms with Gasteiger partial charge in [0.15, 0.2) is 0 Å². The molecule has 0 bridgehead atoms. The maximum atomic E-state index is 9.70. The van der Waals surface area contributed by atoms with Gasteiger partial charge in [0, 0.05) is 13.1 Å². The standard InChI is InChI=1S/C17H25N5OS/c1-12-4-5-16(10-13(12)2)22-17(24)21(18-19-22)11-20-8-6-15(7-9-20)14(3)23/h4-5,10,14-15,23H,6-9,11H2,1-3H3. The fourth-order valence-corrected chi connectivity index (χ4v) is 3.38. The van der Waals surface area contributed by atoms with Crippen LogP contribution < -0.4 is 0 Å². The Balaban J connectivity index is 1.72. The summed E-state index contributed by atoms with van der Waals surface area (Å²) in [5.74, 6) is 0.403. The molecule has 0 amide bonds. The number of likely N-dealkylation sites (tertiary alicyclic amines) is 1. The number of rotatable bonds is 4. The minimum atomic E-state index is -0.222. The summed E-state index contributed by atoms with van der Waals surface area (Å²) in [6.07, 6.45) is 1.80. The summed E-state index contributed by atoms with van der Waals surface area (Å²) in [5.41, 5.74) is 3.41. The largest absolute Gasteiger partial charge is 0.393 e. The molecular formula is C17H25N5OS. The maximum Gasteiger partial charge on any atom is 0.221 e. The third-order valence-electron chi connectivity index (χ3n) is 5.02. The first-order chi connectivity index (χ1) is 11.5. The highest BCUT2D eigenvalue weighted by atomic mass is 32.1. The first kappa shape index (κ1) is 17.3. The number of tetrazole rings is 1. The van der Waals surface area contributed by atoms with Crippen LogP contribution in [-0.4, -0.2) is 49.0 Å². The first-order valence-electron chi connectivity index (χ1n) is 8.46. The summed E-state index contributed by atoms with van der Waals surface area (Å²) in [4.78, 5) is 2.31. The molecule has 1 fully saturated rings. The molecule has 0 saturated carbocycles. The average molecular weight is 347 g/mol. The normalized spacial score (nSPS) is 18.0. The minimum Gasteiger partial charge on any atom is -0.393 e. The van der Waals surface area contributed by atoms with Crippen LogP contribution in [0.3, 0.4) is 0 Å². The van der Waals surface area contributed by atoms with Crippen LogP contribution in [0.1, 0.15) is 30.9 Å². The van der Waals surface area contributed by atoms with Crippen molar-refractivity contribution < 1.29 is 5.11 Å². The fraction of sp³-hybridized carbons (Fsp3) is 0.588. The smallest absolute Gasteiger partial charge is 0.221 e. The van der Waals surface area contributed by atoms with Crippen molar-refractivity contribution in [1.82, 2.24) is 24.7 Å². The van der Waals surface area contributed by atoms with Crippen molar-refractivity contribution in [2.75, 3.05) is 13.1 Å². The number of aromatic nitrogens is 4. The SMILES string of the molecule is Cc1ccc(-n2nnn(CN3CCC(C(C)O)CC3)c2=S)cc1C. The monoisotopic (exact) mass is 347 g/mol. The lowest BCUT2D eigenvalue weighted by atomic mass is 9.92. The predicted octanol–water partition coefficient (Wildman–Crippen LogP) is 2.47. The van der Waals surface area contributed by atoms with Gasteiger partial charge in [-0.25, -0.2) is 4.68 Å². The lowest BCUT2D eigenvalue weighted by molar-refractivity contribution is 0.0589. The third-order valence-corrected chi connectivity index (χ3v) is 5.41. The number of nitrogens with zero attached hydrogens (tertiary/aromatic N) is 5. The van der Waals surface area contributed by atoms with E-state index in [4.69, 9.17) is 12.2 Å². The van der Waals surface area contributed by atoms with Gasteiger partial charge in [0.05, 0.1) is 18.5 Å². The molecule has 130 valence electrons. The van der Waals surface area contributed by atoms with E-state index in [0.717, 1.165) is 31.6 Å². The zero-order valence-electron chi connectivity index (χ0n) is 14.5. The predicted molar refractivity (Wildman–Crippen MR) is 95.6 cm³/mol. The fourth-order valence-electron chi connectivity index (χ4n) is 3.15. The molecule has 1 aromatic carbocycles. The molecule has 0 radical (unpaired) electrons. The lowest BCUT2D eigenvalue weighted by Gasteiger charge is -2.32. The number of piperidine rings is 1. The van der Waals surface area contributed by atoms with E-state index in [1.54, 1.807) is 9.36 Å². The maximum absolute atomic E-state index is 9.70. The van der Waals surface area contributed by atoms with E-state index in [2.05, 4.69) is 41.3 Å². The molecule has 24 heavy (non-hydrogen) atoms. The molecule has 1 unspecified atom stereocenters. The first-order valence-corrected chi connectivity index (χ1v) is 8.87. The number of aliphatic hydroxyl groups is 1. The minimum absolute atomic E-state index is 0.222. The van der Waals surface area contributed by atoms with Crippen molar-refractivity contribution in [2.45, 2.75) is 46.4 Å². The summed E-state index contributed by atoms with van der Waals surface area (Å²) >= 11 is 5.55. The lowest BCUT2D eigenvalue weighted by Crippen LogP contribution is -2.38. The molecule has 7 heteroatoms. The van der Waals surface area contributed by atoms with Gasteiger partial charge < -0.3 is 5.11 Å². The Labute approximate surface area is 147 Å². The number of hydrogen-bond donors (Lipinski definition) is 1. The van der Waals surface area contributed by atoms with Gasteiger partial charge >= 0.3 is 0 Å². The second kappa shape index (κ2) is 7.13. The van der Waals surface area contributed by atoms with E-state index in [9.17, 15) is 5.11 Å². The quantitative estimate of drug-likeness (QED) is 0.861. The van der Waals surface area contributed by atoms with Crippen molar-refractivity contribution >= 4 is 12.2 Å². The second-order valence-corrected chi connectivity index (χ2v) is 7.14. The zero-order chi connectivity index (χ0) is 17.3. The van der Waals surface area contributed by atoms with Gasteiger partial charge in [-0.1, -0.05) is 6.07 Å². The Morgan fingerprint density at radius 2 is 1.92 bits per heavy atom. The molecule has 1 aliphatic rings. The topological polar surface area (TPSA) is 59.1 Å². The second-order valence-electron chi connectivity index (χ2n) is 6.78. The zero-order valence-corrected chi connectivity index (χ0v) is 15.3. The van der Waals surface area contributed by atoms with E-state index in [1.807, 2.05) is 13.0 Å². The van der Waals surface area contributed by atoms with Crippen molar-refractivity contribution in [3.8, 4) is 5.69 Å². The molecule has 3 rings (SSSR count). The molecule has 1 atom stereocenters.